The maximum absolute atomic E-state index is 10.4. The van der Waals surface area contributed by atoms with E-state index in [2.05, 4.69) is 0 Å². The van der Waals surface area contributed by atoms with Crippen LogP contribution >= 0.6 is 0 Å². The summed E-state index contributed by atoms with van der Waals surface area (Å²) in [6, 6.07) is 1.94. The predicted octanol–water partition coefficient (Wildman–Crippen LogP) is -0.526. The van der Waals surface area contributed by atoms with Gasteiger partial charge in [0.2, 0.25) is 0 Å². The van der Waals surface area contributed by atoms with Gasteiger partial charge in [-0.25, -0.2) is 0 Å². The summed E-state index contributed by atoms with van der Waals surface area (Å²) in [5, 5.41) is 10.4. The van der Waals surface area contributed by atoms with E-state index in [1.165, 1.54) is 15.5 Å². The van der Waals surface area contributed by atoms with Gasteiger partial charge in [-0.15, -0.1) is 0 Å². The summed E-state index contributed by atoms with van der Waals surface area (Å²) in [6.45, 7) is 2.52. The Morgan fingerprint density at radius 1 is 0.950 bits per heavy atom. The topological polar surface area (TPSA) is 57.8 Å². The number of hydrogen-bond acceptors (Lipinski definition) is 4. The van der Waals surface area contributed by atoms with Gasteiger partial charge in [-0.05, 0) is 0 Å². The summed E-state index contributed by atoms with van der Waals surface area (Å²) < 4.78 is 17.4. The molecule has 3 saturated heterocycles. The number of hydrogen-bond donors (Lipinski definition) is 1. The van der Waals surface area contributed by atoms with Gasteiger partial charge < -0.3 is 0 Å². The molecule has 3 aliphatic heterocycles. The zero-order valence-electron chi connectivity index (χ0n) is 11.3. The Hall–Kier alpha value is -0.542. The average molecular weight is 338 g/mol. The van der Waals surface area contributed by atoms with Crippen LogP contribution in [0.4, 0.5) is 0 Å². The molecule has 3 aliphatic rings. The van der Waals surface area contributed by atoms with Crippen molar-refractivity contribution >= 4 is 21.2 Å². The minimum absolute atomic E-state index is 0.296. The zero-order chi connectivity index (χ0) is 13.7. The van der Waals surface area contributed by atoms with Crippen LogP contribution in [0.15, 0.2) is 6.07 Å². The molecule has 4 rings (SSSR count). The summed E-state index contributed by atoms with van der Waals surface area (Å²) in [5.41, 5.74) is 3.60. The first-order valence-electron chi connectivity index (χ1n) is 7.17. The molecule has 0 aliphatic carbocycles. The van der Waals surface area contributed by atoms with Crippen LogP contribution in [-0.2, 0) is 33.5 Å². The molecular weight excluding hydrogens is 319 g/mol. The van der Waals surface area contributed by atoms with Crippen molar-refractivity contribution in [2.75, 3.05) is 19.8 Å². The summed E-state index contributed by atoms with van der Waals surface area (Å²) >= 11 is 1.64. The van der Waals surface area contributed by atoms with Crippen LogP contribution in [0, 0.1) is 0 Å². The summed E-state index contributed by atoms with van der Waals surface area (Å²) in [7, 11) is 0. The molecular formula is C15H19AsO4. The molecule has 3 fully saturated rings. The number of phenolic OH excluding ortho intramolecular Hbond substituents is 1. The van der Waals surface area contributed by atoms with Gasteiger partial charge in [-0.2, -0.15) is 0 Å². The van der Waals surface area contributed by atoms with E-state index in [1.807, 2.05) is 6.07 Å². The maximum atomic E-state index is 10.4. The van der Waals surface area contributed by atoms with E-state index in [-0.39, 0.29) is 0 Å². The Kier molecular flexibility index (Phi) is 3.30. The second-order valence-corrected chi connectivity index (χ2v) is 7.12. The average Bonchev–Trinajstić information content (AvgIpc) is 3.22. The van der Waals surface area contributed by atoms with Crippen LogP contribution in [0.1, 0.15) is 16.7 Å². The monoisotopic (exact) mass is 338 g/mol. The molecule has 1 aromatic rings. The Morgan fingerprint density at radius 3 is 2.00 bits per heavy atom. The van der Waals surface area contributed by atoms with Crippen molar-refractivity contribution < 1.29 is 19.3 Å². The quantitative estimate of drug-likeness (QED) is 0.560. The molecule has 0 saturated carbocycles. The van der Waals surface area contributed by atoms with E-state index in [4.69, 9.17) is 14.2 Å². The molecule has 108 valence electrons. The van der Waals surface area contributed by atoms with Gasteiger partial charge in [0.1, 0.15) is 0 Å². The molecule has 20 heavy (non-hydrogen) atoms. The zero-order valence-corrected chi connectivity index (χ0v) is 13.7. The van der Waals surface area contributed by atoms with Gasteiger partial charge in [-0.3, -0.25) is 0 Å². The standard InChI is InChI=1S/C15H19AsO4/c16-15-8(1-9-5-18-9)2-14(17)12(3-10-6-19-10)13(15)4-11-7-20-11/h2,9-11,17H,1,3-7,16H2. The third kappa shape index (κ3) is 2.89. The molecule has 4 unspecified atom stereocenters. The molecule has 0 bridgehead atoms. The fourth-order valence-corrected chi connectivity index (χ4v) is 3.76. The normalized spacial score (nSPS) is 30.4. The van der Waals surface area contributed by atoms with Crippen LogP contribution in [0.5, 0.6) is 5.75 Å². The third-order valence-corrected chi connectivity index (χ3v) is 5.68. The summed E-state index contributed by atoms with van der Waals surface area (Å²) in [6.07, 6.45) is 3.65. The number of rotatable bonds is 6. The van der Waals surface area contributed by atoms with Crippen LogP contribution in [0.2, 0.25) is 0 Å². The van der Waals surface area contributed by atoms with E-state index in [1.54, 1.807) is 16.9 Å². The minimum atomic E-state index is 0.296. The van der Waals surface area contributed by atoms with E-state index in [0.717, 1.165) is 44.6 Å². The molecule has 0 aromatic heterocycles. The second kappa shape index (κ2) is 5.03. The third-order valence-electron chi connectivity index (χ3n) is 4.17. The van der Waals surface area contributed by atoms with Crippen molar-refractivity contribution in [2.24, 2.45) is 0 Å². The van der Waals surface area contributed by atoms with Gasteiger partial charge in [-0.1, -0.05) is 0 Å². The first-order chi connectivity index (χ1) is 9.70. The Balaban J connectivity index is 1.68. The molecule has 5 heteroatoms. The molecule has 0 amide bonds. The van der Waals surface area contributed by atoms with Gasteiger partial charge in [0.25, 0.3) is 0 Å². The predicted molar refractivity (Wildman–Crippen MR) is 76.6 cm³/mol. The van der Waals surface area contributed by atoms with Gasteiger partial charge >= 0.3 is 126 Å². The fourth-order valence-electron chi connectivity index (χ4n) is 2.73. The van der Waals surface area contributed by atoms with Crippen molar-refractivity contribution in [1.82, 2.24) is 0 Å². The van der Waals surface area contributed by atoms with Crippen molar-refractivity contribution in [1.29, 1.82) is 0 Å². The Morgan fingerprint density at radius 2 is 1.45 bits per heavy atom. The second-order valence-electron chi connectivity index (χ2n) is 5.90. The molecule has 0 spiro atoms. The summed E-state index contributed by atoms with van der Waals surface area (Å²) in [5.74, 6) is 0.424. The number of aromatic hydroxyl groups is 1. The number of benzene rings is 1. The van der Waals surface area contributed by atoms with Gasteiger partial charge in [0.05, 0.1) is 0 Å². The molecule has 0 radical (unpaired) electrons. The van der Waals surface area contributed by atoms with Crippen molar-refractivity contribution in [3.8, 4) is 5.75 Å². The van der Waals surface area contributed by atoms with Crippen LogP contribution in [0.3, 0.4) is 0 Å². The molecule has 4 nitrogen and oxygen atoms in total. The van der Waals surface area contributed by atoms with Crippen molar-refractivity contribution in [2.45, 2.75) is 37.6 Å². The van der Waals surface area contributed by atoms with E-state index >= 15 is 0 Å². The van der Waals surface area contributed by atoms with Crippen LogP contribution in [-0.4, -0.2) is 60.1 Å². The van der Waals surface area contributed by atoms with E-state index in [0.29, 0.717) is 24.1 Å². The van der Waals surface area contributed by atoms with Crippen molar-refractivity contribution in [3.63, 3.8) is 0 Å². The molecule has 1 N–H and O–H groups in total. The number of ether oxygens (including phenoxy) is 3. The van der Waals surface area contributed by atoms with E-state index in [9.17, 15) is 5.11 Å². The van der Waals surface area contributed by atoms with Gasteiger partial charge in [0.15, 0.2) is 0 Å². The summed E-state index contributed by atoms with van der Waals surface area (Å²) in [4.78, 5) is 0. The van der Waals surface area contributed by atoms with Gasteiger partial charge in [0, 0.05) is 0 Å². The number of epoxide rings is 3. The Labute approximate surface area is 126 Å². The number of phenols is 1. The Bertz CT molecular complexity index is 533. The first-order valence-corrected chi connectivity index (χ1v) is 8.38. The first kappa shape index (κ1) is 13.1. The molecule has 1 aromatic carbocycles. The molecule has 3 heterocycles. The fraction of sp³-hybridized carbons (Fsp3) is 0.600. The molecule has 4 atom stereocenters. The van der Waals surface area contributed by atoms with E-state index < -0.39 is 0 Å². The SMILES string of the molecule is Oc1cc(CC2CO2)c([AsH2])c(CC2CO2)c1CC1CO1. The van der Waals surface area contributed by atoms with Crippen LogP contribution < -0.4 is 4.35 Å². The van der Waals surface area contributed by atoms with Crippen molar-refractivity contribution in [3.05, 3.63) is 22.8 Å². The van der Waals surface area contributed by atoms with Crippen LogP contribution in [0.25, 0.3) is 0 Å².